The zero-order chi connectivity index (χ0) is 15.7. The Morgan fingerprint density at radius 1 is 1.14 bits per heavy atom. The summed E-state index contributed by atoms with van der Waals surface area (Å²) >= 11 is 1.40. The molecule has 2 amide bonds. The molecule has 1 aromatic carbocycles. The third-order valence-corrected chi connectivity index (χ3v) is 4.25. The van der Waals surface area contributed by atoms with Crippen molar-refractivity contribution in [3.8, 4) is 0 Å². The van der Waals surface area contributed by atoms with Crippen LogP contribution in [0.4, 0.5) is 10.1 Å². The lowest BCUT2D eigenvalue weighted by atomic mass is 10.2. The van der Waals surface area contributed by atoms with E-state index in [1.165, 1.54) is 40.5 Å². The quantitative estimate of drug-likeness (QED) is 0.882. The van der Waals surface area contributed by atoms with Crippen molar-refractivity contribution in [3.63, 3.8) is 0 Å². The Morgan fingerprint density at radius 2 is 1.86 bits per heavy atom. The lowest BCUT2D eigenvalue weighted by Gasteiger charge is -2.11. The van der Waals surface area contributed by atoms with E-state index in [0.717, 1.165) is 4.88 Å². The molecule has 112 valence electrons. The fourth-order valence-electron chi connectivity index (χ4n) is 2.31. The molecule has 2 heterocycles. The van der Waals surface area contributed by atoms with E-state index in [1.807, 2.05) is 11.4 Å². The van der Waals surface area contributed by atoms with Crippen LogP contribution in [-0.4, -0.2) is 23.3 Å². The summed E-state index contributed by atoms with van der Waals surface area (Å²) in [5, 5.41) is 4.81. The summed E-state index contributed by atoms with van der Waals surface area (Å²) in [5.74, 6) is -1.03. The highest BCUT2D eigenvalue weighted by Crippen LogP contribution is 2.32. The number of anilines is 1. The second-order valence-electron chi connectivity index (χ2n) is 4.71. The van der Waals surface area contributed by atoms with Crippen LogP contribution >= 0.6 is 11.3 Å². The Balaban J connectivity index is 2.04. The van der Waals surface area contributed by atoms with Gasteiger partial charge in [-0.15, -0.1) is 11.3 Å². The van der Waals surface area contributed by atoms with Gasteiger partial charge in [-0.05, 0) is 42.6 Å². The zero-order valence-corrected chi connectivity index (χ0v) is 12.6. The van der Waals surface area contributed by atoms with E-state index < -0.39 is 0 Å². The largest absolute Gasteiger partial charge is 0.350 e. The normalized spacial score (nSPS) is 14.9. The molecule has 0 aliphatic carbocycles. The van der Waals surface area contributed by atoms with Crippen LogP contribution in [0.2, 0.25) is 0 Å². The molecule has 6 heteroatoms. The Hall–Kier alpha value is -2.47. The van der Waals surface area contributed by atoms with Gasteiger partial charge >= 0.3 is 0 Å². The van der Waals surface area contributed by atoms with E-state index in [-0.39, 0.29) is 23.3 Å². The van der Waals surface area contributed by atoms with Crippen molar-refractivity contribution in [2.24, 2.45) is 0 Å². The Morgan fingerprint density at radius 3 is 2.45 bits per heavy atom. The lowest BCUT2D eigenvalue weighted by molar-refractivity contribution is -0.136. The smallest absolute Gasteiger partial charge is 0.278 e. The minimum Gasteiger partial charge on any atom is -0.350 e. The molecule has 2 aromatic rings. The maximum atomic E-state index is 13.0. The molecule has 0 saturated heterocycles. The van der Waals surface area contributed by atoms with Gasteiger partial charge in [0.1, 0.15) is 11.5 Å². The third kappa shape index (κ3) is 2.42. The van der Waals surface area contributed by atoms with Gasteiger partial charge in [0, 0.05) is 17.1 Å². The fourth-order valence-corrected chi connectivity index (χ4v) is 3.07. The average Bonchev–Trinajstić information content (AvgIpc) is 3.09. The van der Waals surface area contributed by atoms with Gasteiger partial charge in [0.05, 0.1) is 5.57 Å². The van der Waals surface area contributed by atoms with Crippen LogP contribution < -0.4 is 5.32 Å². The van der Waals surface area contributed by atoms with Crippen molar-refractivity contribution >= 4 is 34.4 Å². The number of rotatable bonds is 4. The summed E-state index contributed by atoms with van der Waals surface area (Å²) in [6, 6.07) is 9.28. The molecule has 4 nitrogen and oxygen atoms in total. The van der Waals surface area contributed by atoms with Gasteiger partial charge in [0.15, 0.2) is 0 Å². The van der Waals surface area contributed by atoms with E-state index >= 15 is 0 Å². The van der Waals surface area contributed by atoms with Crippen LogP contribution in [0, 0.1) is 5.82 Å². The summed E-state index contributed by atoms with van der Waals surface area (Å²) in [7, 11) is 0. The molecular formula is C16H13FN2O2S. The van der Waals surface area contributed by atoms with Crippen molar-refractivity contribution < 1.29 is 14.0 Å². The maximum absolute atomic E-state index is 13.0. The van der Waals surface area contributed by atoms with E-state index in [1.54, 1.807) is 13.0 Å². The molecule has 0 spiro atoms. The van der Waals surface area contributed by atoms with E-state index in [4.69, 9.17) is 0 Å². The first kappa shape index (κ1) is 14.5. The molecule has 0 radical (unpaired) electrons. The first-order valence-corrected chi connectivity index (χ1v) is 7.66. The molecule has 1 aliphatic heterocycles. The average molecular weight is 316 g/mol. The third-order valence-electron chi connectivity index (χ3n) is 3.37. The van der Waals surface area contributed by atoms with Crippen LogP contribution in [0.25, 0.3) is 5.57 Å². The predicted octanol–water partition coefficient (Wildman–Crippen LogP) is 3.10. The highest BCUT2D eigenvalue weighted by atomic mass is 32.1. The van der Waals surface area contributed by atoms with E-state index in [2.05, 4.69) is 5.32 Å². The van der Waals surface area contributed by atoms with Gasteiger partial charge < -0.3 is 5.32 Å². The summed E-state index contributed by atoms with van der Waals surface area (Å²) in [6.45, 7) is 2.06. The number of nitrogens with one attached hydrogen (secondary N) is 1. The molecule has 0 atom stereocenters. The van der Waals surface area contributed by atoms with Gasteiger partial charge in [0.2, 0.25) is 0 Å². The second kappa shape index (κ2) is 5.73. The minimum atomic E-state index is -0.361. The summed E-state index contributed by atoms with van der Waals surface area (Å²) in [4.78, 5) is 26.8. The Labute approximate surface area is 130 Å². The molecule has 1 aliphatic rings. The molecule has 22 heavy (non-hydrogen) atoms. The monoisotopic (exact) mass is 316 g/mol. The molecule has 1 aromatic heterocycles. The highest BCUT2D eigenvalue weighted by Gasteiger charge is 2.38. The first-order valence-electron chi connectivity index (χ1n) is 6.78. The van der Waals surface area contributed by atoms with Crippen molar-refractivity contribution in [1.29, 1.82) is 0 Å². The number of carbonyl (C=O) groups excluding carboxylic acids is 2. The summed E-state index contributed by atoms with van der Waals surface area (Å²) in [6.07, 6.45) is 0. The number of amides is 2. The molecule has 0 fully saturated rings. The number of nitrogens with zero attached hydrogens (tertiary/aromatic N) is 1. The van der Waals surface area contributed by atoms with Crippen molar-refractivity contribution in [3.05, 3.63) is 58.2 Å². The Kier molecular flexibility index (Phi) is 3.77. The highest BCUT2D eigenvalue weighted by molar-refractivity contribution is 7.11. The van der Waals surface area contributed by atoms with Crippen molar-refractivity contribution in [2.45, 2.75) is 6.92 Å². The second-order valence-corrected chi connectivity index (χ2v) is 5.66. The molecule has 0 unspecified atom stereocenters. The number of thiophene rings is 1. The number of carbonyl (C=O) groups is 2. The SMILES string of the molecule is CCN1C(=O)C(Nc2ccc(F)cc2)=C(c2cccs2)C1=O. The van der Waals surface area contributed by atoms with E-state index in [9.17, 15) is 14.0 Å². The van der Waals surface area contributed by atoms with Crippen LogP contribution in [0.15, 0.2) is 47.5 Å². The number of benzene rings is 1. The number of hydrogen-bond donors (Lipinski definition) is 1. The topological polar surface area (TPSA) is 49.4 Å². The maximum Gasteiger partial charge on any atom is 0.278 e. The van der Waals surface area contributed by atoms with Crippen LogP contribution in [-0.2, 0) is 9.59 Å². The van der Waals surface area contributed by atoms with Gasteiger partial charge in [-0.2, -0.15) is 0 Å². The molecule has 0 bridgehead atoms. The summed E-state index contributed by atoms with van der Waals surface area (Å²) < 4.78 is 13.0. The van der Waals surface area contributed by atoms with Gasteiger partial charge in [-0.1, -0.05) is 6.07 Å². The van der Waals surface area contributed by atoms with Crippen LogP contribution in [0.5, 0.6) is 0 Å². The van der Waals surface area contributed by atoms with Crippen LogP contribution in [0.1, 0.15) is 11.8 Å². The number of hydrogen-bond acceptors (Lipinski definition) is 4. The van der Waals surface area contributed by atoms with Crippen molar-refractivity contribution in [2.75, 3.05) is 11.9 Å². The van der Waals surface area contributed by atoms with Crippen molar-refractivity contribution in [1.82, 2.24) is 4.90 Å². The minimum absolute atomic E-state index is 0.237. The zero-order valence-electron chi connectivity index (χ0n) is 11.8. The Bertz CT molecular complexity index is 751. The van der Waals surface area contributed by atoms with Gasteiger partial charge in [-0.3, -0.25) is 14.5 Å². The summed E-state index contributed by atoms with van der Waals surface area (Å²) in [5.41, 5.74) is 1.16. The predicted molar refractivity (Wildman–Crippen MR) is 83.7 cm³/mol. The number of likely N-dealkylation sites (N-methyl/N-ethyl adjacent to an activating group) is 1. The number of halogens is 1. The van der Waals surface area contributed by atoms with Gasteiger partial charge in [0.25, 0.3) is 11.8 Å². The number of imide groups is 1. The molecule has 3 rings (SSSR count). The molecule has 0 saturated carbocycles. The van der Waals surface area contributed by atoms with Crippen LogP contribution in [0.3, 0.4) is 0 Å². The van der Waals surface area contributed by atoms with E-state index in [0.29, 0.717) is 17.8 Å². The molecule has 1 N–H and O–H groups in total. The molecular weight excluding hydrogens is 303 g/mol. The first-order chi connectivity index (χ1) is 10.6. The lowest BCUT2D eigenvalue weighted by Crippen LogP contribution is -2.32. The fraction of sp³-hybridized carbons (Fsp3) is 0.125. The standard InChI is InChI=1S/C16H13FN2O2S/c1-2-19-15(20)13(12-4-3-9-22-12)14(16(19)21)18-11-7-5-10(17)6-8-11/h3-9,18H,2H2,1H3. The van der Waals surface area contributed by atoms with Gasteiger partial charge in [-0.25, -0.2) is 4.39 Å².